The molecule has 1 fully saturated rings. The minimum atomic E-state index is 0. The molecule has 7 nitrogen and oxygen atoms in total. The van der Waals surface area contributed by atoms with E-state index < -0.39 is 0 Å². The number of nitrogens with zero attached hydrogens (tertiary/aromatic N) is 5. The molecule has 0 bridgehead atoms. The summed E-state index contributed by atoms with van der Waals surface area (Å²) >= 11 is 0. The third kappa shape index (κ3) is 6.16. The van der Waals surface area contributed by atoms with Crippen LogP contribution in [-0.2, 0) is 6.54 Å². The number of likely N-dealkylation sites (tertiary alicyclic amines) is 1. The Labute approximate surface area is 185 Å². The molecule has 0 saturated carbocycles. The second-order valence-corrected chi connectivity index (χ2v) is 6.90. The molecule has 0 radical (unpaired) electrons. The highest BCUT2D eigenvalue weighted by Gasteiger charge is 2.20. The van der Waals surface area contributed by atoms with E-state index in [1.807, 2.05) is 34.9 Å². The zero-order valence-corrected chi connectivity index (χ0v) is 19.2. The van der Waals surface area contributed by atoms with Gasteiger partial charge in [0.1, 0.15) is 6.33 Å². The summed E-state index contributed by atoms with van der Waals surface area (Å²) in [6, 6.07) is 10.8. The van der Waals surface area contributed by atoms with E-state index >= 15 is 0 Å². The zero-order chi connectivity index (χ0) is 18.9. The number of para-hydroxylation sites is 1. The average molecular weight is 497 g/mol. The number of piperidine rings is 1. The fourth-order valence-electron chi connectivity index (χ4n) is 3.70. The van der Waals surface area contributed by atoms with Crippen molar-refractivity contribution in [1.29, 1.82) is 0 Å². The largest absolute Gasteiger partial charge is 0.355 e. The van der Waals surface area contributed by atoms with Gasteiger partial charge in [-0.3, -0.25) is 14.5 Å². The van der Waals surface area contributed by atoms with Gasteiger partial charge < -0.3 is 10.6 Å². The molecule has 1 aliphatic heterocycles. The van der Waals surface area contributed by atoms with Crippen molar-refractivity contribution >= 4 is 29.9 Å². The number of nitrogens with one attached hydrogen (secondary N) is 2. The molecule has 154 valence electrons. The van der Waals surface area contributed by atoms with Crippen LogP contribution in [-0.4, -0.2) is 58.3 Å². The van der Waals surface area contributed by atoms with Gasteiger partial charge in [-0.1, -0.05) is 31.5 Å². The summed E-state index contributed by atoms with van der Waals surface area (Å²) < 4.78 is 1.99. The molecular formula is C20H32IN7. The lowest BCUT2D eigenvalue weighted by molar-refractivity contribution is 0.147. The number of aliphatic imine (C=N–C) groups is 1. The smallest absolute Gasteiger partial charge is 0.191 e. The summed E-state index contributed by atoms with van der Waals surface area (Å²) in [4.78, 5) is 6.94. The summed E-state index contributed by atoms with van der Waals surface area (Å²) in [5.41, 5.74) is 1.05. The molecule has 1 aromatic carbocycles. The standard InChI is InChI=1S/C20H31N7.HI/c1-3-17-9-7-8-13-26(17)14-12-22-20(21-2)23-15-19-25-24-16-27(19)18-10-5-4-6-11-18;/h4-6,10-11,16-17H,3,7-9,12-15H2,1-2H3,(H2,21,22,23);1H. The monoisotopic (exact) mass is 497 g/mol. The summed E-state index contributed by atoms with van der Waals surface area (Å²) in [5.74, 6) is 1.65. The molecule has 1 aliphatic rings. The lowest BCUT2D eigenvalue weighted by Gasteiger charge is -2.35. The van der Waals surface area contributed by atoms with E-state index in [0.717, 1.165) is 36.6 Å². The molecule has 28 heavy (non-hydrogen) atoms. The highest BCUT2D eigenvalue weighted by molar-refractivity contribution is 14.0. The van der Waals surface area contributed by atoms with Gasteiger partial charge in [0.25, 0.3) is 0 Å². The Bertz CT molecular complexity index is 716. The average Bonchev–Trinajstić information content (AvgIpc) is 3.20. The maximum Gasteiger partial charge on any atom is 0.191 e. The van der Waals surface area contributed by atoms with Gasteiger partial charge in [-0.15, -0.1) is 34.2 Å². The molecule has 1 atom stereocenters. The van der Waals surface area contributed by atoms with E-state index in [-0.39, 0.29) is 24.0 Å². The fourth-order valence-corrected chi connectivity index (χ4v) is 3.70. The molecule has 0 spiro atoms. The maximum absolute atomic E-state index is 4.33. The number of hydrogen-bond acceptors (Lipinski definition) is 4. The molecule has 1 aromatic heterocycles. The van der Waals surface area contributed by atoms with E-state index in [2.05, 4.69) is 37.6 Å². The third-order valence-electron chi connectivity index (χ3n) is 5.20. The van der Waals surface area contributed by atoms with Crippen molar-refractivity contribution in [2.75, 3.05) is 26.7 Å². The Kier molecular flexibility index (Phi) is 9.69. The third-order valence-corrected chi connectivity index (χ3v) is 5.20. The normalized spacial score (nSPS) is 17.8. The summed E-state index contributed by atoms with van der Waals surface area (Å²) in [6.07, 6.45) is 7.00. The molecule has 3 rings (SSSR count). The number of benzene rings is 1. The fraction of sp³-hybridized carbons (Fsp3) is 0.550. The summed E-state index contributed by atoms with van der Waals surface area (Å²) in [6.45, 7) is 6.02. The SMILES string of the molecule is CCC1CCCCN1CCNC(=NC)NCc1nncn1-c1ccccc1.I. The lowest BCUT2D eigenvalue weighted by atomic mass is 10.0. The first-order valence-corrected chi connectivity index (χ1v) is 9.94. The van der Waals surface area contributed by atoms with Crippen molar-refractivity contribution in [2.24, 2.45) is 4.99 Å². The van der Waals surface area contributed by atoms with Crippen LogP contribution < -0.4 is 10.6 Å². The van der Waals surface area contributed by atoms with Gasteiger partial charge in [0, 0.05) is 31.9 Å². The number of guanidine groups is 1. The molecule has 1 saturated heterocycles. The van der Waals surface area contributed by atoms with Crippen molar-refractivity contribution in [1.82, 2.24) is 30.3 Å². The highest BCUT2D eigenvalue weighted by atomic mass is 127. The molecule has 2 aromatic rings. The molecule has 2 N–H and O–H groups in total. The van der Waals surface area contributed by atoms with Gasteiger partial charge >= 0.3 is 0 Å². The van der Waals surface area contributed by atoms with Crippen LogP contribution in [0.15, 0.2) is 41.7 Å². The molecule has 0 amide bonds. The lowest BCUT2D eigenvalue weighted by Crippen LogP contribution is -2.45. The van der Waals surface area contributed by atoms with Crippen LogP contribution in [0.5, 0.6) is 0 Å². The predicted octanol–water partition coefficient (Wildman–Crippen LogP) is 2.81. The first-order valence-electron chi connectivity index (χ1n) is 9.94. The Hall–Kier alpha value is -1.68. The van der Waals surface area contributed by atoms with E-state index in [1.54, 1.807) is 13.4 Å². The van der Waals surface area contributed by atoms with Gasteiger partial charge in [-0.05, 0) is 37.9 Å². The van der Waals surface area contributed by atoms with Crippen LogP contribution in [0.1, 0.15) is 38.4 Å². The van der Waals surface area contributed by atoms with Crippen molar-refractivity contribution in [2.45, 2.75) is 45.2 Å². The molecular weight excluding hydrogens is 465 g/mol. The second-order valence-electron chi connectivity index (χ2n) is 6.90. The quantitative estimate of drug-likeness (QED) is 0.350. The minimum Gasteiger partial charge on any atom is -0.355 e. The van der Waals surface area contributed by atoms with E-state index in [1.165, 1.54) is 32.2 Å². The van der Waals surface area contributed by atoms with Gasteiger partial charge in [-0.25, -0.2) is 0 Å². The van der Waals surface area contributed by atoms with E-state index in [4.69, 9.17) is 0 Å². The van der Waals surface area contributed by atoms with Crippen molar-refractivity contribution in [3.05, 3.63) is 42.5 Å². The van der Waals surface area contributed by atoms with Crippen LogP contribution in [0.4, 0.5) is 0 Å². The number of halogens is 1. The zero-order valence-electron chi connectivity index (χ0n) is 16.8. The molecule has 0 aliphatic carbocycles. The summed E-state index contributed by atoms with van der Waals surface area (Å²) in [7, 11) is 1.80. The first-order chi connectivity index (χ1) is 13.3. The second kappa shape index (κ2) is 12.0. The number of rotatable bonds is 7. The Morgan fingerprint density at radius 2 is 2.04 bits per heavy atom. The van der Waals surface area contributed by atoms with E-state index in [9.17, 15) is 0 Å². The van der Waals surface area contributed by atoms with Gasteiger partial charge in [-0.2, -0.15) is 0 Å². The summed E-state index contributed by atoms with van der Waals surface area (Å²) in [5, 5.41) is 15.0. The molecule has 8 heteroatoms. The highest BCUT2D eigenvalue weighted by Crippen LogP contribution is 2.18. The maximum atomic E-state index is 4.33. The van der Waals surface area contributed by atoms with E-state index in [0.29, 0.717) is 6.54 Å². The molecule has 1 unspecified atom stereocenters. The number of hydrogen-bond donors (Lipinski definition) is 2. The Morgan fingerprint density at radius 1 is 1.21 bits per heavy atom. The van der Waals surface area contributed by atoms with Crippen LogP contribution in [0.3, 0.4) is 0 Å². The first kappa shape index (κ1) is 22.6. The van der Waals surface area contributed by atoms with Crippen LogP contribution in [0.25, 0.3) is 5.69 Å². The van der Waals surface area contributed by atoms with Crippen molar-refractivity contribution in [3.63, 3.8) is 0 Å². The van der Waals surface area contributed by atoms with Crippen LogP contribution in [0.2, 0.25) is 0 Å². The van der Waals surface area contributed by atoms with Gasteiger partial charge in [0.15, 0.2) is 11.8 Å². The van der Waals surface area contributed by atoms with Crippen molar-refractivity contribution < 1.29 is 0 Å². The Balaban J connectivity index is 0.00000280. The number of aromatic nitrogens is 3. The van der Waals surface area contributed by atoms with Gasteiger partial charge in [0.2, 0.25) is 0 Å². The van der Waals surface area contributed by atoms with Crippen LogP contribution in [0, 0.1) is 0 Å². The molecule has 2 heterocycles. The Morgan fingerprint density at radius 3 is 2.79 bits per heavy atom. The topological polar surface area (TPSA) is 70.4 Å². The predicted molar refractivity (Wildman–Crippen MR) is 124 cm³/mol. The van der Waals surface area contributed by atoms with Gasteiger partial charge in [0.05, 0.1) is 6.54 Å². The van der Waals surface area contributed by atoms with Crippen LogP contribution >= 0.6 is 24.0 Å². The van der Waals surface area contributed by atoms with Crippen molar-refractivity contribution in [3.8, 4) is 5.69 Å². The minimum absolute atomic E-state index is 0.